The lowest BCUT2D eigenvalue weighted by atomic mass is 9.89. The second-order valence-electron chi connectivity index (χ2n) is 4.85. The molecule has 0 saturated carbocycles. The Morgan fingerprint density at radius 2 is 2.11 bits per heavy atom. The van der Waals surface area contributed by atoms with Crippen molar-refractivity contribution >= 4 is 18.0 Å². The van der Waals surface area contributed by atoms with Crippen molar-refractivity contribution in [2.24, 2.45) is 5.92 Å². The molecule has 7 heteroatoms. The standard InChI is InChI=1S/C12H18N2O5/c1-2-19-10(15)6-13-12(18)14-7-3-4-9(14)8(5-7)11(16)17/h7-9H,2-6H2,1H3,(H,13,18)(H,16,17). The number of carbonyl (C=O) groups is 3. The van der Waals surface area contributed by atoms with Gasteiger partial charge in [0.15, 0.2) is 0 Å². The van der Waals surface area contributed by atoms with E-state index in [1.54, 1.807) is 11.8 Å². The number of hydrogen-bond acceptors (Lipinski definition) is 4. The van der Waals surface area contributed by atoms with Gasteiger partial charge in [0.05, 0.1) is 12.5 Å². The first-order chi connectivity index (χ1) is 9.04. The van der Waals surface area contributed by atoms with Gasteiger partial charge in [0, 0.05) is 12.1 Å². The molecule has 3 atom stereocenters. The van der Waals surface area contributed by atoms with Crippen molar-refractivity contribution in [3.63, 3.8) is 0 Å². The van der Waals surface area contributed by atoms with E-state index in [0.29, 0.717) is 12.8 Å². The van der Waals surface area contributed by atoms with E-state index in [4.69, 9.17) is 9.84 Å². The summed E-state index contributed by atoms with van der Waals surface area (Å²) < 4.78 is 4.72. The molecular weight excluding hydrogens is 252 g/mol. The molecule has 2 fully saturated rings. The molecule has 2 aliphatic rings. The molecule has 2 amide bonds. The van der Waals surface area contributed by atoms with E-state index in [0.717, 1.165) is 6.42 Å². The monoisotopic (exact) mass is 270 g/mol. The highest BCUT2D eigenvalue weighted by Crippen LogP contribution is 2.41. The minimum absolute atomic E-state index is 0.0201. The van der Waals surface area contributed by atoms with Crippen LogP contribution in [0.4, 0.5) is 4.79 Å². The van der Waals surface area contributed by atoms with Crippen LogP contribution in [0, 0.1) is 5.92 Å². The number of rotatable bonds is 4. The molecule has 2 saturated heterocycles. The summed E-state index contributed by atoms with van der Waals surface area (Å²) in [6.45, 7) is 1.78. The molecule has 0 spiro atoms. The second-order valence-corrected chi connectivity index (χ2v) is 4.85. The first-order valence-corrected chi connectivity index (χ1v) is 6.49. The summed E-state index contributed by atoms with van der Waals surface area (Å²) >= 11 is 0. The van der Waals surface area contributed by atoms with Crippen LogP contribution in [0.5, 0.6) is 0 Å². The van der Waals surface area contributed by atoms with Gasteiger partial charge >= 0.3 is 18.0 Å². The summed E-state index contributed by atoms with van der Waals surface area (Å²) in [4.78, 5) is 35.8. The minimum atomic E-state index is -0.851. The molecule has 2 aliphatic heterocycles. The molecule has 3 unspecified atom stereocenters. The fourth-order valence-electron chi connectivity index (χ4n) is 3.02. The number of esters is 1. The number of carboxylic acids is 1. The lowest BCUT2D eigenvalue weighted by Crippen LogP contribution is -2.45. The van der Waals surface area contributed by atoms with Gasteiger partial charge in [-0.25, -0.2) is 4.79 Å². The second kappa shape index (κ2) is 5.46. The highest BCUT2D eigenvalue weighted by atomic mass is 16.5. The number of urea groups is 1. The Morgan fingerprint density at radius 3 is 2.68 bits per heavy atom. The Morgan fingerprint density at radius 1 is 1.37 bits per heavy atom. The van der Waals surface area contributed by atoms with Crippen molar-refractivity contribution in [2.45, 2.75) is 38.3 Å². The number of carboxylic acid groups (broad SMARTS) is 1. The van der Waals surface area contributed by atoms with Gasteiger partial charge in [-0.1, -0.05) is 0 Å². The Hall–Kier alpha value is -1.79. The molecule has 7 nitrogen and oxygen atoms in total. The highest BCUT2D eigenvalue weighted by Gasteiger charge is 2.51. The van der Waals surface area contributed by atoms with Crippen LogP contribution in [0.3, 0.4) is 0 Å². The summed E-state index contributed by atoms with van der Waals surface area (Å²) in [6.07, 6.45) is 2.06. The van der Waals surface area contributed by atoms with E-state index in [-0.39, 0.29) is 31.3 Å². The molecule has 2 N–H and O–H groups in total. The molecular formula is C12H18N2O5. The maximum Gasteiger partial charge on any atom is 0.325 e. The average Bonchev–Trinajstić information content (AvgIpc) is 2.93. The van der Waals surface area contributed by atoms with E-state index in [1.165, 1.54) is 0 Å². The van der Waals surface area contributed by atoms with Gasteiger partial charge in [-0.2, -0.15) is 0 Å². The third-order valence-electron chi connectivity index (χ3n) is 3.78. The lowest BCUT2D eigenvalue weighted by molar-refractivity contribution is -0.143. The molecule has 0 aromatic heterocycles. The first-order valence-electron chi connectivity index (χ1n) is 6.49. The van der Waals surface area contributed by atoms with E-state index < -0.39 is 17.9 Å². The van der Waals surface area contributed by atoms with Crippen molar-refractivity contribution in [1.82, 2.24) is 10.2 Å². The van der Waals surface area contributed by atoms with Gasteiger partial charge < -0.3 is 20.1 Å². The van der Waals surface area contributed by atoms with E-state index in [2.05, 4.69) is 5.32 Å². The summed E-state index contributed by atoms with van der Waals surface area (Å²) in [5.41, 5.74) is 0. The largest absolute Gasteiger partial charge is 0.481 e. The van der Waals surface area contributed by atoms with Crippen molar-refractivity contribution in [1.29, 1.82) is 0 Å². The van der Waals surface area contributed by atoms with Gasteiger partial charge in [0.25, 0.3) is 0 Å². The van der Waals surface area contributed by atoms with E-state index in [9.17, 15) is 14.4 Å². The van der Waals surface area contributed by atoms with Crippen molar-refractivity contribution in [3.05, 3.63) is 0 Å². The van der Waals surface area contributed by atoms with Crippen LogP contribution in [-0.2, 0) is 14.3 Å². The summed E-state index contributed by atoms with van der Waals surface area (Å²) in [5, 5.41) is 11.6. The smallest absolute Gasteiger partial charge is 0.325 e. The molecule has 2 rings (SSSR count). The van der Waals surface area contributed by atoms with Crippen LogP contribution in [0.15, 0.2) is 0 Å². The molecule has 2 heterocycles. The van der Waals surface area contributed by atoms with Crippen LogP contribution >= 0.6 is 0 Å². The zero-order valence-electron chi connectivity index (χ0n) is 10.8. The van der Waals surface area contributed by atoms with E-state index in [1.807, 2.05) is 0 Å². The summed E-state index contributed by atoms with van der Waals surface area (Å²) in [7, 11) is 0. The third-order valence-corrected chi connectivity index (χ3v) is 3.78. The lowest BCUT2D eigenvalue weighted by Gasteiger charge is -2.23. The number of nitrogens with one attached hydrogen (secondary N) is 1. The number of ether oxygens (including phenoxy) is 1. The zero-order valence-corrected chi connectivity index (χ0v) is 10.8. The van der Waals surface area contributed by atoms with Crippen LogP contribution in [0.2, 0.25) is 0 Å². The number of aliphatic carboxylic acids is 1. The fourth-order valence-corrected chi connectivity index (χ4v) is 3.02. The zero-order chi connectivity index (χ0) is 14.0. The first kappa shape index (κ1) is 13.6. The molecule has 2 bridgehead atoms. The Balaban J connectivity index is 1.90. The molecule has 0 aliphatic carbocycles. The average molecular weight is 270 g/mol. The van der Waals surface area contributed by atoms with Crippen LogP contribution in [0.25, 0.3) is 0 Å². The quantitative estimate of drug-likeness (QED) is 0.711. The van der Waals surface area contributed by atoms with Gasteiger partial charge in [-0.05, 0) is 26.2 Å². The highest BCUT2D eigenvalue weighted by molar-refractivity contribution is 5.83. The van der Waals surface area contributed by atoms with Crippen molar-refractivity contribution < 1.29 is 24.2 Å². The molecule has 106 valence electrons. The van der Waals surface area contributed by atoms with Crippen molar-refractivity contribution in [3.8, 4) is 0 Å². The number of nitrogens with zero attached hydrogens (tertiary/aromatic N) is 1. The Bertz CT molecular complexity index is 398. The van der Waals surface area contributed by atoms with E-state index >= 15 is 0 Å². The predicted molar refractivity (Wildman–Crippen MR) is 64.4 cm³/mol. The van der Waals surface area contributed by atoms with Gasteiger partial charge in [0.2, 0.25) is 0 Å². The minimum Gasteiger partial charge on any atom is -0.481 e. The maximum absolute atomic E-state index is 12.0. The number of hydrogen-bond donors (Lipinski definition) is 2. The Kier molecular flexibility index (Phi) is 3.92. The molecule has 19 heavy (non-hydrogen) atoms. The predicted octanol–water partition coefficient (Wildman–Crippen LogP) is 0.197. The normalized spacial score (nSPS) is 28.3. The molecule has 0 radical (unpaired) electrons. The number of carbonyl (C=O) groups excluding carboxylic acids is 2. The number of fused-ring (bicyclic) bond motifs is 2. The Labute approximate surface area is 110 Å². The third kappa shape index (κ3) is 2.64. The van der Waals surface area contributed by atoms with Crippen LogP contribution in [-0.4, -0.2) is 53.2 Å². The van der Waals surface area contributed by atoms with Gasteiger partial charge in [-0.3, -0.25) is 9.59 Å². The summed E-state index contributed by atoms with van der Waals surface area (Å²) in [5.74, 6) is -1.82. The summed E-state index contributed by atoms with van der Waals surface area (Å²) in [6, 6.07) is -0.637. The fraction of sp³-hybridized carbons (Fsp3) is 0.750. The van der Waals surface area contributed by atoms with Crippen molar-refractivity contribution in [2.75, 3.05) is 13.2 Å². The topological polar surface area (TPSA) is 95.9 Å². The maximum atomic E-state index is 12.0. The molecule has 0 aromatic rings. The van der Waals surface area contributed by atoms with Crippen LogP contribution in [0.1, 0.15) is 26.2 Å². The number of amides is 2. The van der Waals surface area contributed by atoms with Gasteiger partial charge in [-0.15, -0.1) is 0 Å². The SMILES string of the molecule is CCOC(=O)CNC(=O)N1C2CCC1C(C(=O)O)C2. The van der Waals surface area contributed by atoms with Crippen LogP contribution < -0.4 is 5.32 Å². The molecule has 0 aromatic carbocycles. The van der Waals surface area contributed by atoms with Gasteiger partial charge in [0.1, 0.15) is 6.54 Å².